The van der Waals surface area contributed by atoms with E-state index in [2.05, 4.69) is 15.0 Å². The van der Waals surface area contributed by atoms with Crippen LogP contribution < -0.4 is 10.1 Å². The van der Waals surface area contributed by atoms with Crippen LogP contribution in [0.2, 0.25) is 0 Å². The number of ether oxygens (including phenoxy) is 1. The van der Waals surface area contributed by atoms with Crippen LogP contribution in [0.3, 0.4) is 0 Å². The Balaban J connectivity index is 1.79. The Hall–Kier alpha value is -2.83. The number of carbonyl (C=O) groups excluding carboxylic acids is 1. The molecule has 2 aromatic carbocycles. The number of halogens is 3. The molecule has 0 radical (unpaired) electrons. The molecule has 124 valence electrons. The number of aryl methyl sites for hydroxylation is 1. The van der Waals surface area contributed by atoms with Crippen LogP contribution in [-0.2, 0) is 4.79 Å². The second-order valence-electron chi connectivity index (χ2n) is 5.32. The van der Waals surface area contributed by atoms with Gasteiger partial charge in [-0.05, 0) is 48.4 Å². The lowest BCUT2D eigenvalue weighted by Gasteiger charge is -2.08. The molecule has 1 aliphatic rings. The van der Waals surface area contributed by atoms with E-state index >= 15 is 0 Å². The van der Waals surface area contributed by atoms with Gasteiger partial charge < -0.3 is 10.1 Å². The summed E-state index contributed by atoms with van der Waals surface area (Å²) < 4.78 is 40.2. The lowest BCUT2D eigenvalue weighted by Crippen LogP contribution is -2.16. The fourth-order valence-electron chi connectivity index (χ4n) is 2.58. The Morgan fingerprint density at radius 1 is 1.17 bits per heavy atom. The van der Waals surface area contributed by atoms with Crippen LogP contribution in [0.25, 0.3) is 0 Å². The van der Waals surface area contributed by atoms with Gasteiger partial charge >= 0.3 is 6.36 Å². The standard InChI is InChI=1S/C17H13F3N2O2/c1-10-3-2-4-14-15(10)13(16(23)22-14)9-21-11-5-7-12(8-6-11)24-17(18,19)20/h2-9,13H,1H3,(H,22,23). The number of fused-ring (bicyclic) bond motifs is 1. The molecule has 1 aliphatic heterocycles. The molecular weight excluding hydrogens is 321 g/mol. The number of nitrogens with zero attached hydrogens (tertiary/aromatic N) is 1. The van der Waals surface area contributed by atoms with Crippen molar-refractivity contribution in [3.8, 4) is 5.75 Å². The van der Waals surface area contributed by atoms with Gasteiger partial charge in [0.05, 0.1) is 5.69 Å². The van der Waals surface area contributed by atoms with Crippen LogP contribution in [0.4, 0.5) is 24.5 Å². The Bertz CT molecular complexity index is 798. The maximum absolute atomic E-state index is 12.1. The van der Waals surface area contributed by atoms with Crippen molar-refractivity contribution in [2.75, 3.05) is 5.32 Å². The molecule has 0 saturated heterocycles. The van der Waals surface area contributed by atoms with Crippen LogP contribution in [0.1, 0.15) is 17.0 Å². The molecule has 0 aliphatic carbocycles. The number of anilines is 1. The fraction of sp³-hybridized carbons (Fsp3) is 0.176. The number of alkyl halides is 3. The van der Waals surface area contributed by atoms with Gasteiger partial charge in [-0.2, -0.15) is 0 Å². The van der Waals surface area contributed by atoms with E-state index in [4.69, 9.17) is 0 Å². The van der Waals surface area contributed by atoms with Crippen molar-refractivity contribution in [1.29, 1.82) is 0 Å². The third-order valence-electron chi connectivity index (χ3n) is 3.62. The highest BCUT2D eigenvalue weighted by Crippen LogP contribution is 2.34. The second kappa shape index (κ2) is 5.99. The van der Waals surface area contributed by atoms with E-state index in [0.29, 0.717) is 5.69 Å². The zero-order valence-electron chi connectivity index (χ0n) is 12.6. The maximum Gasteiger partial charge on any atom is 0.573 e. The predicted octanol–water partition coefficient (Wildman–Crippen LogP) is 4.33. The number of hydrogen-bond donors (Lipinski definition) is 1. The number of nitrogens with one attached hydrogen (secondary N) is 1. The normalized spacial score (nSPS) is 17.0. The van der Waals surface area contributed by atoms with Crippen molar-refractivity contribution in [3.63, 3.8) is 0 Å². The summed E-state index contributed by atoms with van der Waals surface area (Å²) >= 11 is 0. The van der Waals surface area contributed by atoms with Gasteiger partial charge in [0.25, 0.3) is 0 Å². The summed E-state index contributed by atoms with van der Waals surface area (Å²) in [6.45, 7) is 1.91. The highest BCUT2D eigenvalue weighted by molar-refractivity contribution is 6.13. The monoisotopic (exact) mass is 334 g/mol. The van der Waals surface area contributed by atoms with Gasteiger partial charge in [-0.25, -0.2) is 0 Å². The van der Waals surface area contributed by atoms with Crippen LogP contribution in [0, 0.1) is 6.92 Å². The maximum atomic E-state index is 12.1. The topological polar surface area (TPSA) is 50.7 Å². The average molecular weight is 334 g/mol. The average Bonchev–Trinajstić information content (AvgIpc) is 2.82. The first-order chi connectivity index (χ1) is 11.3. The summed E-state index contributed by atoms with van der Waals surface area (Å²) in [5.74, 6) is -1.02. The summed E-state index contributed by atoms with van der Waals surface area (Å²) in [5.41, 5.74) is 3.02. The molecule has 7 heteroatoms. The van der Waals surface area contributed by atoms with Gasteiger partial charge in [-0.15, -0.1) is 13.2 Å². The van der Waals surface area contributed by atoms with Crippen molar-refractivity contribution in [3.05, 3.63) is 53.6 Å². The minimum atomic E-state index is -4.73. The van der Waals surface area contributed by atoms with Gasteiger partial charge in [0.2, 0.25) is 5.91 Å². The van der Waals surface area contributed by atoms with E-state index in [0.717, 1.165) is 16.8 Å². The first-order valence-corrected chi connectivity index (χ1v) is 7.14. The number of amides is 1. The van der Waals surface area contributed by atoms with Crippen LogP contribution >= 0.6 is 0 Å². The number of hydrogen-bond acceptors (Lipinski definition) is 3. The molecule has 2 aromatic rings. The molecule has 4 nitrogen and oxygen atoms in total. The Labute approximate surface area is 136 Å². The molecule has 0 saturated carbocycles. The summed E-state index contributed by atoms with van der Waals surface area (Å²) in [7, 11) is 0. The zero-order valence-corrected chi connectivity index (χ0v) is 12.6. The van der Waals surface area contributed by atoms with Crippen molar-refractivity contribution >= 4 is 23.5 Å². The van der Waals surface area contributed by atoms with Crippen molar-refractivity contribution < 1.29 is 22.7 Å². The Morgan fingerprint density at radius 2 is 1.88 bits per heavy atom. The lowest BCUT2D eigenvalue weighted by atomic mass is 9.97. The zero-order chi connectivity index (χ0) is 17.3. The quantitative estimate of drug-likeness (QED) is 0.849. The molecular formula is C17H13F3N2O2. The van der Waals surface area contributed by atoms with Crippen LogP contribution in [-0.4, -0.2) is 18.5 Å². The molecule has 1 N–H and O–H groups in total. The number of aliphatic imine (C=N–C) groups is 1. The van der Waals surface area contributed by atoms with Gasteiger partial charge in [0.1, 0.15) is 11.7 Å². The first kappa shape index (κ1) is 16.0. The highest BCUT2D eigenvalue weighted by atomic mass is 19.4. The summed E-state index contributed by atoms with van der Waals surface area (Å²) in [5, 5.41) is 2.78. The smallest absolute Gasteiger partial charge is 0.406 e. The summed E-state index contributed by atoms with van der Waals surface area (Å²) in [6, 6.07) is 10.7. The molecule has 3 rings (SSSR count). The van der Waals surface area contributed by atoms with Crippen LogP contribution in [0.5, 0.6) is 5.75 Å². The van der Waals surface area contributed by atoms with Gasteiger partial charge in [0, 0.05) is 11.9 Å². The van der Waals surface area contributed by atoms with Crippen molar-refractivity contribution in [2.45, 2.75) is 19.2 Å². The predicted molar refractivity (Wildman–Crippen MR) is 83.8 cm³/mol. The Morgan fingerprint density at radius 3 is 2.54 bits per heavy atom. The van der Waals surface area contributed by atoms with E-state index in [-0.39, 0.29) is 11.7 Å². The molecule has 1 heterocycles. The fourth-order valence-corrected chi connectivity index (χ4v) is 2.58. The number of carbonyl (C=O) groups is 1. The molecule has 1 unspecified atom stereocenters. The van der Waals surface area contributed by atoms with Gasteiger partial charge in [-0.1, -0.05) is 12.1 Å². The summed E-state index contributed by atoms with van der Waals surface area (Å²) in [4.78, 5) is 16.3. The van der Waals surface area contributed by atoms with E-state index in [9.17, 15) is 18.0 Å². The molecule has 24 heavy (non-hydrogen) atoms. The molecule has 1 amide bonds. The van der Waals surface area contributed by atoms with E-state index < -0.39 is 12.3 Å². The lowest BCUT2D eigenvalue weighted by molar-refractivity contribution is -0.274. The second-order valence-corrected chi connectivity index (χ2v) is 5.32. The minimum absolute atomic E-state index is 0.180. The Kier molecular flexibility index (Phi) is 4.01. The van der Waals surface area contributed by atoms with E-state index in [1.54, 1.807) is 0 Å². The molecule has 0 spiro atoms. The first-order valence-electron chi connectivity index (χ1n) is 7.14. The minimum Gasteiger partial charge on any atom is -0.406 e. The highest BCUT2D eigenvalue weighted by Gasteiger charge is 2.31. The van der Waals surface area contributed by atoms with Crippen molar-refractivity contribution in [1.82, 2.24) is 0 Å². The third kappa shape index (κ3) is 3.40. The van der Waals surface area contributed by atoms with Gasteiger partial charge in [0.15, 0.2) is 0 Å². The van der Waals surface area contributed by atoms with E-state index in [1.807, 2.05) is 25.1 Å². The summed E-state index contributed by atoms with van der Waals surface area (Å²) in [6.07, 6.45) is -3.23. The van der Waals surface area contributed by atoms with Crippen molar-refractivity contribution in [2.24, 2.45) is 4.99 Å². The number of benzene rings is 2. The van der Waals surface area contributed by atoms with Crippen LogP contribution in [0.15, 0.2) is 47.5 Å². The molecule has 0 bridgehead atoms. The molecule has 0 fully saturated rings. The largest absolute Gasteiger partial charge is 0.573 e. The molecule has 0 aromatic heterocycles. The number of rotatable bonds is 3. The molecule has 1 atom stereocenters. The van der Waals surface area contributed by atoms with Gasteiger partial charge in [-0.3, -0.25) is 9.79 Å². The van der Waals surface area contributed by atoms with E-state index in [1.165, 1.54) is 30.5 Å². The SMILES string of the molecule is Cc1cccc2c1C(C=Nc1ccc(OC(F)(F)F)cc1)C(=O)N2. The third-order valence-corrected chi connectivity index (χ3v) is 3.62.